The van der Waals surface area contributed by atoms with Crippen LogP contribution in [0.5, 0.6) is 5.75 Å². The summed E-state index contributed by atoms with van der Waals surface area (Å²) in [4.78, 5) is 32.9. The van der Waals surface area contributed by atoms with Crippen LogP contribution in [0.15, 0.2) is 42.5 Å². The third kappa shape index (κ3) is 5.54. The number of thiazole rings is 1. The first-order valence-electron chi connectivity index (χ1n) is 10.3. The van der Waals surface area contributed by atoms with Crippen LogP contribution in [-0.2, 0) is 17.8 Å². The number of nitrogens with zero attached hydrogens (tertiary/aromatic N) is 2. The van der Waals surface area contributed by atoms with Crippen LogP contribution in [0.2, 0.25) is 0 Å². The van der Waals surface area contributed by atoms with Crippen molar-refractivity contribution in [1.82, 2.24) is 9.88 Å². The van der Waals surface area contributed by atoms with Gasteiger partial charge in [0.25, 0.3) is 11.8 Å². The van der Waals surface area contributed by atoms with E-state index < -0.39 is 0 Å². The molecule has 0 atom stereocenters. The van der Waals surface area contributed by atoms with Crippen LogP contribution in [0.1, 0.15) is 26.5 Å². The number of aromatic nitrogens is 1. The zero-order valence-corrected chi connectivity index (χ0v) is 18.9. The van der Waals surface area contributed by atoms with Crippen molar-refractivity contribution in [1.29, 1.82) is 5.41 Å². The molecule has 3 aromatic rings. The van der Waals surface area contributed by atoms with Crippen molar-refractivity contribution in [2.24, 2.45) is 0 Å². The minimum atomic E-state index is -0.371. The van der Waals surface area contributed by atoms with Gasteiger partial charge in [-0.3, -0.25) is 14.9 Å². The first-order chi connectivity index (χ1) is 15.9. The second-order valence-electron chi connectivity index (χ2n) is 7.68. The maximum atomic E-state index is 12.7. The maximum absolute atomic E-state index is 12.7. The Morgan fingerprint density at radius 2 is 2.12 bits per heavy atom. The van der Waals surface area contributed by atoms with Crippen molar-refractivity contribution >= 4 is 45.9 Å². The largest absolute Gasteiger partial charge is 0.484 e. The van der Waals surface area contributed by atoms with E-state index in [1.807, 2.05) is 0 Å². The van der Waals surface area contributed by atoms with Crippen LogP contribution < -0.4 is 21.1 Å². The topological polar surface area (TPSA) is 133 Å². The fourth-order valence-corrected chi connectivity index (χ4v) is 4.48. The Balaban J connectivity index is 1.34. The van der Waals surface area contributed by atoms with Gasteiger partial charge < -0.3 is 26.1 Å². The zero-order valence-electron chi connectivity index (χ0n) is 18.1. The fourth-order valence-electron chi connectivity index (χ4n) is 3.40. The van der Waals surface area contributed by atoms with E-state index in [0.29, 0.717) is 33.4 Å². The molecule has 2 amide bonds. The first-order valence-corrected chi connectivity index (χ1v) is 11.1. The highest BCUT2D eigenvalue weighted by atomic mass is 32.1. The van der Waals surface area contributed by atoms with E-state index in [9.17, 15) is 9.59 Å². The van der Waals surface area contributed by atoms with Gasteiger partial charge in [0.2, 0.25) is 0 Å². The SMILES string of the molecule is CN1CCc2nc(NC(=O)c3cccc(OCC(=O)Nc4ccc(N)c(C=N)c4)c3)sc2C1. The molecule has 33 heavy (non-hydrogen) atoms. The van der Waals surface area contributed by atoms with Crippen molar-refractivity contribution in [2.45, 2.75) is 13.0 Å². The average molecular weight is 465 g/mol. The standard InChI is InChI=1S/C23H24N6O3S/c1-29-8-7-19-20(12-29)33-23(27-19)28-22(31)14-3-2-4-17(10-14)32-13-21(30)26-16-5-6-18(25)15(9-16)11-24/h2-6,9-11,24H,7-8,12-13,25H2,1H3,(H,26,30)(H,27,28,31). The van der Waals surface area contributed by atoms with E-state index in [2.05, 4.69) is 27.6 Å². The number of carbonyl (C=O) groups is 2. The third-order valence-electron chi connectivity index (χ3n) is 5.13. The van der Waals surface area contributed by atoms with Gasteiger partial charge in [-0.05, 0) is 43.4 Å². The normalized spacial score (nSPS) is 13.1. The zero-order chi connectivity index (χ0) is 23.4. The van der Waals surface area contributed by atoms with Crippen molar-refractivity contribution in [2.75, 3.05) is 36.6 Å². The Labute approximate surface area is 195 Å². The molecule has 170 valence electrons. The van der Waals surface area contributed by atoms with E-state index in [1.165, 1.54) is 16.2 Å². The molecule has 5 N–H and O–H groups in total. The summed E-state index contributed by atoms with van der Waals surface area (Å²) in [7, 11) is 2.07. The van der Waals surface area contributed by atoms with E-state index in [-0.39, 0.29) is 18.4 Å². The number of likely N-dealkylation sites (N-methyl/N-ethyl adjacent to an activating group) is 1. The molecule has 4 rings (SSSR count). The van der Waals surface area contributed by atoms with Gasteiger partial charge in [-0.15, -0.1) is 11.3 Å². The molecule has 1 aromatic heterocycles. The molecule has 10 heteroatoms. The second-order valence-corrected chi connectivity index (χ2v) is 8.77. The lowest BCUT2D eigenvalue weighted by atomic mass is 10.1. The molecular weight excluding hydrogens is 440 g/mol. The molecule has 1 aliphatic heterocycles. The number of nitrogens with two attached hydrogens (primary N) is 1. The molecule has 0 radical (unpaired) electrons. The molecule has 0 saturated carbocycles. The fraction of sp³-hybridized carbons (Fsp3) is 0.217. The number of hydrogen-bond acceptors (Lipinski definition) is 8. The average Bonchev–Trinajstić information content (AvgIpc) is 3.20. The molecule has 0 fully saturated rings. The Morgan fingerprint density at radius 3 is 2.94 bits per heavy atom. The summed E-state index contributed by atoms with van der Waals surface area (Å²) in [6, 6.07) is 11.5. The molecule has 2 heterocycles. The van der Waals surface area contributed by atoms with E-state index in [1.54, 1.807) is 42.5 Å². The van der Waals surface area contributed by atoms with Crippen molar-refractivity contribution < 1.29 is 14.3 Å². The number of anilines is 3. The second kappa shape index (κ2) is 9.80. The van der Waals surface area contributed by atoms with E-state index in [0.717, 1.165) is 31.4 Å². The summed E-state index contributed by atoms with van der Waals surface area (Å²) >= 11 is 1.49. The summed E-state index contributed by atoms with van der Waals surface area (Å²) in [5.41, 5.74) is 8.70. The van der Waals surface area contributed by atoms with Crippen LogP contribution in [-0.4, -0.2) is 48.1 Å². The Morgan fingerprint density at radius 1 is 1.27 bits per heavy atom. The molecule has 0 saturated heterocycles. The predicted octanol–water partition coefficient (Wildman–Crippen LogP) is 2.98. The Hall–Kier alpha value is -3.76. The van der Waals surface area contributed by atoms with Crippen molar-refractivity contribution in [3.63, 3.8) is 0 Å². The number of hydrogen-bond donors (Lipinski definition) is 4. The van der Waals surface area contributed by atoms with Gasteiger partial charge in [-0.25, -0.2) is 4.98 Å². The molecule has 0 spiro atoms. The van der Waals surface area contributed by atoms with Gasteiger partial charge >= 0.3 is 0 Å². The van der Waals surface area contributed by atoms with Crippen LogP contribution >= 0.6 is 11.3 Å². The van der Waals surface area contributed by atoms with Gasteiger partial charge in [-0.2, -0.15) is 0 Å². The smallest absolute Gasteiger partial charge is 0.262 e. The number of nitrogens with one attached hydrogen (secondary N) is 3. The van der Waals surface area contributed by atoms with Gasteiger partial charge in [-0.1, -0.05) is 6.07 Å². The molecule has 9 nitrogen and oxygen atoms in total. The van der Waals surface area contributed by atoms with Gasteiger partial charge in [0, 0.05) is 53.1 Å². The number of ether oxygens (including phenoxy) is 1. The number of rotatable bonds is 7. The van der Waals surface area contributed by atoms with E-state index in [4.69, 9.17) is 15.9 Å². The quantitative estimate of drug-likeness (QED) is 0.314. The highest BCUT2D eigenvalue weighted by molar-refractivity contribution is 7.15. The lowest BCUT2D eigenvalue weighted by Gasteiger charge is -2.20. The summed E-state index contributed by atoms with van der Waals surface area (Å²) in [6.07, 6.45) is 2.00. The minimum Gasteiger partial charge on any atom is -0.484 e. The van der Waals surface area contributed by atoms with Crippen LogP contribution in [0, 0.1) is 5.41 Å². The van der Waals surface area contributed by atoms with Gasteiger partial charge in [0.05, 0.1) is 5.69 Å². The number of amides is 2. The maximum Gasteiger partial charge on any atom is 0.262 e. The Kier molecular flexibility index (Phi) is 6.66. The summed E-state index contributed by atoms with van der Waals surface area (Å²) in [5, 5.41) is 13.5. The van der Waals surface area contributed by atoms with Crippen LogP contribution in [0.3, 0.4) is 0 Å². The summed E-state index contributed by atoms with van der Waals surface area (Å²) in [5.74, 6) is -0.260. The molecule has 1 aliphatic rings. The molecule has 0 aliphatic carbocycles. The van der Waals surface area contributed by atoms with E-state index >= 15 is 0 Å². The summed E-state index contributed by atoms with van der Waals surface area (Å²) in [6.45, 7) is 1.56. The molecular formula is C23H24N6O3S. The van der Waals surface area contributed by atoms with Crippen LogP contribution in [0.4, 0.5) is 16.5 Å². The number of carbonyl (C=O) groups excluding carboxylic acids is 2. The first kappa shape index (κ1) is 22.4. The monoisotopic (exact) mass is 464 g/mol. The number of benzene rings is 2. The third-order valence-corrected chi connectivity index (χ3v) is 6.13. The minimum absolute atomic E-state index is 0.234. The van der Waals surface area contributed by atoms with Gasteiger partial charge in [0.15, 0.2) is 11.7 Å². The highest BCUT2D eigenvalue weighted by Crippen LogP contribution is 2.28. The molecule has 0 bridgehead atoms. The van der Waals surface area contributed by atoms with Crippen molar-refractivity contribution in [3.8, 4) is 5.75 Å². The predicted molar refractivity (Wildman–Crippen MR) is 129 cm³/mol. The number of fused-ring (bicyclic) bond motifs is 1. The molecule has 2 aromatic carbocycles. The van der Waals surface area contributed by atoms with Gasteiger partial charge in [0.1, 0.15) is 5.75 Å². The lowest BCUT2D eigenvalue weighted by Crippen LogP contribution is -2.25. The van der Waals surface area contributed by atoms with Crippen LogP contribution in [0.25, 0.3) is 0 Å². The molecule has 0 unspecified atom stereocenters. The van der Waals surface area contributed by atoms with Crippen molar-refractivity contribution in [3.05, 3.63) is 64.2 Å². The summed E-state index contributed by atoms with van der Waals surface area (Å²) < 4.78 is 5.56. The Bertz CT molecular complexity index is 1210. The number of nitrogen functional groups attached to an aromatic ring is 1. The lowest BCUT2D eigenvalue weighted by molar-refractivity contribution is -0.118. The highest BCUT2D eigenvalue weighted by Gasteiger charge is 2.19.